The van der Waals surface area contributed by atoms with Gasteiger partial charge in [-0.3, -0.25) is 9.10 Å². The molecular formula is C22H28FN3O3S. The van der Waals surface area contributed by atoms with Crippen LogP contribution in [0.2, 0.25) is 0 Å². The molecule has 2 aromatic carbocycles. The molecule has 0 saturated carbocycles. The molecule has 1 fully saturated rings. The highest BCUT2D eigenvalue weighted by Crippen LogP contribution is 2.29. The van der Waals surface area contributed by atoms with Gasteiger partial charge in [-0.25, -0.2) is 12.8 Å². The Labute approximate surface area is 177 Å². The molecule has 1 heterocycles. The van der Waals surface area contributed by atoms with Crippen LogP contribution >= 0.6 is 0 Å². The zero-order valence-corrected chi connectivity index (χ0v) is 18.4. The molecular weight excluding hydrogens is 405 g/mol. The number of sulfonamides is 1. The Hall–Kier alpha value is -2.61. The normalized spacial score (nSPS) is 14.8. The quantitative estimate of drug-likeness (QED) is 0.703. The van der Waals surface area contributed by atoms with Crippen molar-refractivity contribution in [2.24, 2.45) is 0 Å². The largest absolute Gasteiger partial charge is 0.366 e. The van der Waals surface area contributed by atoms with Gasteiger partial charge in [-0.2, -0.15) is 0 Å². The molecule has 0 radical (unpaired) electrons. The molecule has 0 aromatic heterocycles. The van der Waals surface area contributed by atoms with Crippen LogP contribution in [-0.2, 0) is 14.8 Å². The molecule has 30 heavy (non-hydrogen) atoms. The van der Waals surface area contributed by atoms with E-state index in [1.807, 2.05) is 30.9 Å². The lowest BCUT2D eigenvalue weighted by atomic mass is 10.0. The van der Waals surface area contributed by atoms with E-state index < -0.39 is 10.0 Å². The smallest absolute Gasteiger partial charge is 0.243 e. The van der Waals surface area contributed by atoms with Crippen molar-refractivity contribution >= 4 is 27.3 Å². The maximum Gasteiger partial charge on any atom is 0.243 e. The molecule has 0 atom stereocenters. The standard InChI is InChI=1S/C22H28FN3O3S/c1-17(2)18-8-4-6-10-20(18)26(30(3,28)29)16-22(27)25-14-12-24(13-15-25)21-11-7-5-9-19(21)23/h4-11,17H,12-16H2,1-3H3. The fraction of sp³-hybridized carbons (Fsp3) is 0.409. The molecule has 3 rings (SSSR count). The fourth-order valence-corrected chi connectivity index (χ4v) is 4.58. The van der Waals surface area contributed by atoms with Crippen LogP contribution < -0.4 is 9.21 Å². The number of carbonyl (C=O) groups excluding carboxylic acids is 1. The Bertz CT molecular complexity index is 1000. The van der Waals surface area contributed by atoms with Crippen LogP contribution in [-0.4, -0.2) is 58.2 Å². The summed E-state index contributed by atoms with van der Waals surface area (Å²) in [6.07, 6.45) is 1.12. The average Bonchev–Trinajstić information content (AvgIpc) is 2.71. The second-order valence-electron chi connectivity index (χ2n) is 7.80. The fourth-order valence-electron chi connectivity index (χ4n) is 3.71. The van der Waals surface area contributed by atoms with Crippen LogP contribution in [0.4, 0.5) is 15.8 Å². The van der Waals surface area contributed by atoms with Crippen LogP contribution in [0.15, 0.2) is 48.5 Å². The second kappa shape index (κ2) is 9.04. The van der Waals surface area contributed by atoms with E-state index in [4.69, 9.17) is 0 Å². The van der Waals surface area contributed by atoms with Crippen LogP contribution in [0.3, 0.4) is 0 Å². The number of rotatable bonds is 6. The van der Waals surface area contributed by atoms with Gasteiger partial charge in [-0.15, -0.1) is 0 Å². The molecule has 0 N–H and O–H groups in total. The number of amides is 1. The molecule has 2 aromatic rings. The Morgan fingerprint density at radius 3 is 2.23 bits per heavy atom. The van der Waals surface area contributed by atoms with Crippen LogP contribution in [0.5, 0.6) is 0 Å². The highest BCUT2D eigenvalue weighted by molar-refractivity contribution is 7.92. The SMILES string of the molecule is CC(C)c1ccccc1N(CC(=O)N1CCN(c2ccccc2F)CC1)S(C)(=O)=O. The molecule has 1 aliphatic heterocycles. The van der Waals surface area contributed by atoms with Crippen molar-refractivity contribution in [2.45, 2.75) is 19.8 Å². The predicted molar refractivity (Wildman–Crippen MR) is 118 cm³/mol. The zero-order valence-electron chi connectivity index (χ0n) is 17.6. The molecule has 0 spiro atoms. The number of halogens is 1. The lowest BCUT2D eigenvalue weighted by Crippen LogP contribution is -2.52. The Morgan fingerprint density at radius 2 is 1.63 bits per heavy atom. The van der Waals surface area contributed by atoms with Gasteiger partial charge in [0.25, 0.3) is 0 Å². The summed E-state index contributed by atoms with van der Waals surface area (Å²) in [6, 6.07) is 13.8. The number of para-hydroxylation sites is 2. The van der Waals surface area contributed by atoms with E-state index in [-0.39, 0.29) is 24.2 Å². The first-order valence-electron chi connectivity index (χ1n) is 10.0. The first kappa shape index (κ1) is 22.1. The third-order valence-corrected chi connectivity index (χ3v) is 6.46. The van der Waals surface area contributed by atoms with Crippen molar-refractivity contribution < 1.29 is 17.6 Å². The molecule has 0 aliphatic carbocycles. The van der Waals surface area contributed by atoms with Crippen molar-refractivity contribution in [1.29, 1.82) is 0 Å². The first-order chi connectivity index (χ1) is 14.2. The third kappa shape index (κ3) is 4.92. The summed E-state index contributed by atoms with van der Waals surface area (Å²) in [5.74, 6) is -0.428. The Kier molecular flexibility index (Phi) is 6.65. The minimum atomic E-state index is -3.64. The van der Waals surface area contributed by atoms with Gasteiger partial charge < -0.3 is 9.80 Å². The van der Waals surface area contributed by atoms with Gasteiger partial charge in [0.15, 0.2) is 0 Å². The Morgan fingerprint density at radius 1 is 1.03 bits per heavy atom. The number of nitrogens with zero attached hydrogens (tertiary/aromatic N) is 3. The lowest BCUT2D eigenvalue weighted by Gasteiger charge is -2.37. The maximum atomic E-state index is 14.0. The van der Waals surface area contributed by atoms with Crippen LogP contribution in [0.25, 0.3) is 0 Å². The zero-order chi connectivity index (χ0) is 21.9. The van der Waals surface area contributed by atoms with Gasteiger partial charge in [0.1, 0.15) is 12.4 Å². The van der Waals surface area contributed by atoms with E-state index in [2.05, 4.69) is 0 Å². The number of hydrogen-bond donors (Lipinski definition) is 0. The van der Waals surface area contributed by atoms with Crippen LogP contribution in [0, 0.1) is 5.82 Å². The van der Waals surface area contributed by atoms with E-state index in [0.29, 0.717) is 37.6 Å². The minimum Gasteiger partial charge on any atom is -0.366 e. The van der Waals surface area contributed by atoms with E-state index >= 15 is 0 Å². The summed E-state index contributed by atoms with van der Waals surface area (Å²) in [5, 5.41) is 0. The highest BCUT2D eigenvalue weighted by Gasteiger charge is 2.28. The average molecular weight is 434 g/mol. The third-order valence-electron chi connectivity index (χ3n) is 5.33. The van der Waals surface area contributed by atoms with Gasteiger partial charge in [0, 0.05) is 26.2 Å². The summed E-state index contributed by atoms with van der Waals surface area (Å²) in [5.41, 5.74) is 1.93. The summed E-state index contributed by atoms with van der Waals surface area (Å²) >= 11 is 0. The van der Waals surface area contributed by atoms with Crippen molar-refractivity contribution in [3.63, 3.8) is 0 Å². The summed E-state index contributed by atoms with van der Waals surface area (Å²) in [7, 11) is -3.64. The van der Waals surface area contributed by atoms with E-state index in [9.17, 15) is 17.6 Å². The number of anilines is 2. The Balaban J connectivity index is 1.73. The van der Waals surface area contributed by atoms with Crippen LogP contribution in [0.1, 0.15) is 25.3 Å². The van der Waals surface area contributed by atoms with E-state index in [1.165, 1.54) is 10.4 Å². The van der Waals surface area contributed by atoms with Gasteiger partial charge >= 0.3 is 0 Å². The van der Waals surface area contributed by atoms with E-state index in [0.717, 1.165) is 11.8 Å². The molecule has 0 unspecified atom stereocenters. The predicted octanol–water partition coefficient (Wildman–Crippen LogP) is 3.06. The number of carbonyl (C=O) groups is 1. The van der Waals surface area contributed by atoms with Gasteiger partial charge in [0.05, 0.1) is 17.6 Å². The van der Waals surface area contributed by atoms with Gasteiger partial charge in [-0.1, -0.05) is 44.2 Å². The van der Waals surface area contributed by atoms with Crippen molar-refractivity contribution in [3.05, 3.63) is 59.9 Å². The minimum absolute atomic E-state index is 0.116. The first-order valence-corrected chi connectivity index (χ1v) is 11.9. The molecule has 1 aliphatic rings. The molecule has 0 bridgehead atoms. The molecule has 162 valence electrons. The van der Waals surface area contributed by atoms with Gasteiger partial charge in [0.2, 0.25) is 15.9 Å². The topological polar surface area (TPSA) is 60.9 Å². The summed E-state index contributed by atoms with van der Waals surface area (Å²) in [6.45, 7) is 5.55. The summed E-state index contributed by atoms with van der Waals surface area (Å²) < 4.78 is 40.2. The molecule has 1 saturated heterocycles. The van der Waals surface area contributed by atoms with Crippen molar-refractivity contribution in [2.75, 3.05) is 48.2 Å². The van der Waals surface area contributed by atoms with Gasteiger partial charge in [-0.05, 0) is 29.7 Å². The van der Waals surface area contributed by atoms with E-state index in [1.54, 1.807) is 35.2 Å². The molecule has 8 heteroatoms. The molecule has 6 nitrogen and oxygen atoms in total. The highest BCUT2D eigenvalue weighted by atomic mass is 32.2. The monoisotopic (exact) mass is 433 g/mol. The van der Waals surface area contributed by atoms with Crippen molar-refractivity contribution in [3.8, 4) is 0 Å². The number of benzene rings is 2. The summed E-state index contributed by atoms with van der Waals surface area (Å²) in [4.78, 5) is 16.5. The number of piperazine rings is 1. The second-order valence-corrected chi connectivity index (χ2v) is 9.71. The lowest BCUT2D eigenvalue weighted by molar-refractivity contribution is -0.129. The number of hydrogen-bond acceptors (Lipinski definition) is 4. The molecule has 1 amide bonds. The van der Waals surface area contributed by atoms with Crippen molar-refractivity contribution in [1.82, 2.24) is 4.90 Å². The maximum absolute atomic E-state index is 14.0.